The highest BCUT2D eigenvalue weighted by atomic mass is 16.5. The van der Waals surface area contributed by atoms with Crippen molar-refractivity contribution >= 4 is 46.9 Å². The zero-order valence-corrected chi connectivity index (χ0v) is 41.7. The molecule has 0 bridgehead atoms. The van der Waals surface area contributed by atoms with E-state index in [2.05, 4.69) is 33.4 Å². The number of hydrogen-bond acceptors (Lipinski definition) is 12. The summed E-state index contributed by atoms with van der Waals surface area (Å²) >= 11 is 0. The van der Waals surface area contributed by atoms with Crippen molar-refractivity contribution in [2.75, 3.05) is 39.4 Å². The largest absolute Gasteiger partial charge is 0.492 e. The van der Waals surface area contributed by atoms with Gasteiger partial charge < -0.3 is 53.7 Å². The van der Waals surface area contributed by atoms with Crippen molar-refractivity contribution in [1.29, 1.82) is 10.5 Å². The Morgan fingerprint density at radius 1 is 0.500 bits per heavy atom. The topological polar surface area (TPSA) is 287 Å². The van der Waals surface area contributed by atoms with Gasteiger partial charge in [0.05, 0.1) is 48.5 Å². The lowest BCUT2D eigenvalue weighted by Gasteiger charge is -2.21. The number of ether oxygens (including phenoxy) is 2. The van der Waals surface area contributed by atoms with Gasteiger partial charge in [-0.05, 0) is 109 Å². The molecule has 16 heteroatoms. The maximum absolute atomic E-state index is 13.2. The second-order valence-corrected chi connectivity index (χ2v) is 17.6. The first kappa shape index (κ1) is 56.8. The van der Waals surface area contributed by atoms with Gasteiger partial charge in [-0.25, -0.2) is 0 Å². The van der Waals surface area contributed by atoms with E-state index in [1.54, 1.807) is 60.7 Å². The second-order valence-electron chi connectivity index (χ2n) is 17.6. The molecule has 0 aromatic heterocycles. The van der Waals surface area contributed by atoms with Crippen molar-refractivity contribution in [3.8, 4) is 23.6 Å². The Morgan fingerprint density at radius 3 is 1.20 bits per heavy atom. The fourth-order valence-corrected chi connectivity index (χ4v) is 7.73. The van der Waals surface area contributed by atoms with Gasteiger partial charge in [0.15, 0.2) is 0 Å². The molecule has 0 spiro atoms. The lowest BCUT2D eigenvalue weighted by Crippen LogP contribution is -2.53. The van der Waals surface area contributed by atoms with E-state index in [4.69, 9.17) is 32.4 Å². The lowest BCUT2D eigenvalue weighted by molar-refractivity contribution is -0.129. The van der Waals surface area contributed by atoms with Gasteiger partial charge >= 0.3 is 0 Å². The van der Waals surface area contributed by atoms with Crippen LogP contribution in [-0.2, 0) is 32.0 Å². The van der Waals surface area contributed by atoms with Gasteiger partial charge in [-0.2, -0.15) is 10.5 Å². The summed E-state index contributed by atoms with van der Waals surface area (Å²) in [6, 6.07) is 41.8. The highest BCUT2D eigenvalue weighted by Crippen LogP contribution is 2.24. The zero-order valence-electron chi connectivity index (χ0n) is 41.7. The Hall–Kier alpha value is -8.12. The first-order valence-corrected chi connectivity index (χ1v) is 25.0. The highest BCUT2D eigenvalue weighted by molar-refractivity contribution is 5.93. The molecule has 0 heterocycles. The average molecular weight is 1000 g/mol. The predicted molar refractivity (Wildman–Crippen MR) is 289 cm³/mol. The number of nitrogens with one attached hydrogen (secondary N) is 4. The number of benzene rings is 5. The van der Waals surface area contributed by atoms with Gasteiger partial charge in [0.25, 0.3) is 0 Å². The minimum Gasteiger partial charge on any atom is -0.492 e. The van der Waals surface area contributed by atoms with Gasteiger partial charge in [-0.1, -0.05) is 122 Å². The number of unbranched alkanes of at least 4 members (excludes halogenated alkanes) is 2. The van der Waals surface area contributed by atoms with Crippen LogP contribution in [0.3, 0.4) is 0 Å². The fraction of sp³-hybridized carbons (Fsp3) is 0.310. The van der Waals surface area contributed by atoms with Crippen LogP contribution in [0.4, 0.5) is 0 Å². The molecule has 0 aliphatic rings. The van der Waals surface area contributed by atoms with E-state index in [9.17, 15) is 29.7 Å². The molecular weight excluding hydrogens is 933 g/mol. The molecule has 5 aromatic rings. The average Bonchev–Trinajstić information content (AvgIpc) is 3.42. The van der Waals surface area contributed by atoms with E-state index in [-0.39, 0.29) is 49.9 Å². The van der Waals surface area contributed by atoms with Gasteiger partial charge in [0.2, 0.25) is 23.6 Å². The normalized spacial score (nSPS) is 12.9. The molecule has 16 nitrogen and oxygen atoms in total. The Balaban J connectivity index is 1.09. The number of carbonyl (C=O) groups is 4. The number of nitrogens with two attached hydrogens (primary N) is 4. The van der Waals surface area contributed by atoms with Crippen molar-refractivity contribution < 1.29 is 28.7 Å². The highest BCUT2D eigenvalue weighted by Gasteiger charge is 2.25. The molecule has 0 aliphatic carbocycles. The molecule has 0 saturated heterocycles. The van der Waals surface area contributed by atoms with Crippen LogP contribution in [0.5, 0.6) is 11.5 Å². The molecule has 0 saturated carbocycles. The third-order valence-electron chi connectivity index (χ3n) is 11.9. The third-order valence-corrected chi connectivity index (χ3v) is 11.9. The first-order chi connectivity index (χ1) is 36.0. The van der Waals surface area contributed by atoms with Gasteiger partial charge in [0.1, 0.15) is 36.8 Å². The van der Waals surface area contributed by atoms with Gasteiger partial charge in [0, 0.05) is 12.8 Å². The molecule has 386 valence electrons. The van der Waals surface area contributed by atoms with Crippen LogP contribution < -0.4 is 53.7 Å². The smallest absolute Gasteiger partial charge is 0.243 e. The molecule has 0 radical (unpaired) electrons. The predicted octanol–water partition coefficient (Wildman–Crippen LogP) is 5.17. The van der Waals surface area contributed by atoms with E-state index in [1.807, 2.05) is 84.9 Å². The molecule has 12 N–H and O–H groups in total. The standard InChI is InChI=1S/C58H68N10O6/c59-29-9-7-15-51(63)55(69)67-53(37-41-11-3-1-4-12-41)57(71)65-31-33-73-49-25-17-43(18-26-49)35-47(39-61)45-21-23-46(24-22-45)48(40-62)36-44-19-27-50(28-20-44)74-34-32-66-58(72)54(38-42-13-5-2-6-14-42)68-56(70)52(64)16-8-10-30-60/h1-6,11-14,17-28,35-36,51-54H,7-10,15-16,29-34,37-38,59-60,63-64H2,(H,65,71)(H,66,72)(H,67,69)(H,68,70)/b47-35-,48-36-/t51-,52-,53-,54-/m0/s1. The number of carbonyl (C=O) groups excluding carboxylic acids is 4. The van der Waals surface area contributed by atoms with Crippen molar-refractivity contribution in [1.82, 2.24) is 21.3 Å². The number of hydrogen-bond donors (Lipinski definition) is 8. The van der Waals surface area contributed by atoms with E-state index in [0.717, 1.165) is 47.9 Å². The van der Waals surface area contributed by atoms with Crippen LogP contribution in [0, 0.1) is 22.7 Å². The SMILES string of the molecule is N#C/C(=C/c1ccc(OCCNC(=O)[C@H](Cc2ccccc2)NC(=O)[C@@H](N)CCCCN)cc1)c1ccc(/C(C#N)=C\c2ccc(OCCNC(=O)[C@H](Cc3ccccc3)NC(=O)[C@@H](N)CCCCN)cc2)cc1. The van der Waals surface area contributed by atoms with Crippen LogP contribution in [0.1, 0.15) is 71.9 Å². The summed E-state index contributed by atoms with van der Waals surface area (Å²) in [4.78, 5) is 52.2. The summed E-state index contributed by atoms with van der Waals surface area (Å²) in [6.07, 6.45) is 8.03. The first-order valence-electron chi connectivity index (χ1n) is 25.0. The van der Waals surface area contributed by atoms with Crippen molar-refractivity contribution in [3.05, 3.63) is 167 Å². The molecule has 74 heavy (non-hydrogen) atoms. The molecule has 4 atom stereocenters. The van der Waals surface area contributed by atoms with Crippen molar-refractivity contribution in [3.63, 3.8) is 0 Å². The Kier molecular flexibility index (Phi) is 24.1. The van der Waals surface area contributed by atoms with Crippen LogP contribution in [0.2, 0.25) is 0 Å². The summed E-state index contributed by atoms with van der Waals surface area (Å²) in [7, 11) is 0. The van der Waals surface area contributed by atoms with Crippen LogP contribution in [-0.4, -0.2) is 87.2 Å². The summed E-state index contributed by atoms with van der Waals surface area (Å²) in [5.41, 5.74) is 28.9. The summed E-state index contributed by atoms with van der Waals surface area (Å²) in [5.74, 6) is -0.336. The third kappa shape index (κ3) is 19.5. The van der Waals surface area contributed by atoms with Gasteiger partial charge in [-0.15, -0.1) is 0 Å². The molecular formula is C58H68N10O6. The molecule has 0 aliphatic heterocycles. The molecule has 5 aromatic carbocycles. The van der Waals surface area contributed by atoms with Crippen LogP contribution in [0.15, 0.2) is 133 Å². The summed E-state index contributed by atoms with van der Waals surface area (Å²) in [6.45, 7) is 1.79. The van der Waals surface area contributed by atoms with E-state index >= 15 is 0 Å². The Labute approximate surface area is 434 Å². The van der Waals surface area contributed by atoms with Crippen molar-refractivity contribution in [2.24, 2.45) is 22.9 Å². The van der Waals surface area contributed by atoms with E-state index in [0.29, 0.717) is 72.5 Å². The monoisotopic (exact) mass is 1000 g/mol. The second kappa shape index (κ2) is 31.4. The molecule has 4 amide bonds. The zero-order chi connectivity index (χ0) is 52.9. The van der Waals surface area contributed by atoms with Gasteiger partial charge in [-0.3, -0.25) is 19.2 Å². The van der Waals surface area contributed by atoms with Crippen molar-refractivity contribution in [2.45, 2.75) is 75.5 Å². The number of amides is 4. The molecule has 0 fully saturated rings. The number of rotatable bonds is 30. The Morgan fingerprint density at radius 2 is 0.865 bits per heavy atom. The summed E-state index contributed by atoms with van der Waals surface area (Å²) in [5, 5.41) is 31.5. The van der Waals surface area contributed by atoms with E-state index in [1.165, 1.54) is 0 Å². The lowest BCUT2D eigenvalue weighted by atomic mass is 9.99. The fourth-order valence-electron chi connectivity index (χ4n) is 7.73. The maximum Gasteiger partial charge on any atom is 0.243 e. The van der Waals surface area contributed by atoms with E-state index < -0.39 is 24.2 Å². The minimum atomic E-state index is -0.821. The quantitative estimate of drug-likeness (QED) is 0.0168. The molecule has 0 unspecified atom stereocenters. The number of nitriles is 2. The Bertz CT molecular complexity index is 2500. The minimum absolute atomic E-state index is 0.179. The summed E-state index contributed by atoms with van der Waals surface area (Å²) < 4.78 is 11.8. The van der Waals surface area contributed by atoms with Crippen LogP contribution in [0.25, 0.3) is 23.3 Å². The number of allylic oxidation sites excluding steroid dienone is 2. The molecule has 5 rings (SSSR count). The number of nitrogens with zero attached hydrogens (tertiary/aromatic N) is 2. The van der Waals surface area contributed by atoms with Crippen LogP contribution >= 0.6 is 0 Å². The maximum atomic E-state index is 13.2.